The molecule has 134 valence electrons. The van der Waals surface area contributed by atoms with E-state index in [1.54, 1.807) is 12.1 Å². The van der Waals surface area contributed by atoms with Gasteiger partial charge < -0.3 is 5.73 Å². The molecule has 3 aromatic carbocycles. The summed E-state index contributed by atoms with van der Waals surface area (Å²) in [6, 6.07) is 19.5. The van der Waals surface area contributed by atoms with E-state index in [2.05, 4.69) is 6.07 Å². The first-order valence-electron chi connectivity index (χ1n) is 8.58. The van der Waals surface area contributed by atoms with Crippen LogP contribution in [0.5, 0.6) is 0 Å². The molecule has 0 heterocycles. The minimum Gasteiger partial charge on any atom is -0.369 e. The average molecular weight is 358 g/mol. The number of hydrogen-bond donors (Lipinski definition) is 1. The van der Waals surface area contributed by atoms with Crippen molar-refractivity contribution in [3.63, 3.8) is 0 Å². The zero-order chi connectivity index (χ0) is 19.6. The first-order chi connectivity index (χ1) is 12.9. The Morgan fingerprint density at radius 2 is 1.70 bits per heavy atom. The third-order valence-electron chi connectivity index (χ3n) is 4.80. The van der Waals surface area contributed by atoms with Crippen molar-refractivity contribution in [2.24, 2.45) is 5.73 Å². The van der Waals surface area contributed by atoms with Crippen molar-refractivity contribution in [2.75, 3.05) is 0 Å². The highest BCUT2D eigenvalue weighted by Crippen LogP contribution is 2.38. The summed E-state index contributed by atoms with van der Waals surface area (Å²) in [6.45, 7) is 3.70. The van der Waals surface area contributed by atoms with Gasteiger partial charge in [0.1, 0.15) is 5.82 Å². The molecule has 0 radical (unpaired) electrons. The van der Waals surface area contributed by atoms with Crippen molar-refractivity contribution in [3.8, 4) is 17.2 Å². The van der Waals surface area contributed by atoms with Gasteiger partial charge in [-0.05, 0) is 65.4 Å². The van der Waals surface area contributed by atoms with Crippen LogP contribution in [0.4, 0.5) is 4.39 Å². The number of halogens is 1. The molecular weight excluding hydrogens is 339 g/mol. The monoisotopic (exact) mass is 358 g/mol. The summed E-state index contributed by atoms with van der Waals surface area (Å²) in [4.78, 5) is 12.5. The summed E-state index contributed by atoms with van der Waals surface area (Å²) >= 11 is 0. The number of rotatable bonds is 4. The van der Waals surface area contributed by atoms with Gasteiger partial charge in [0.05, 0.1) is 17.6 Å². The normalized spacial score (nSPS) is 11.6. The summed E-state index contributed by atoms with van der Waals surface area (Å²) in [6.07, 6.45) is 0. The first-order valence-corrected chi connectivity index (χ1v) is 8.58. The fourth-order valence-corrected chi connectivity index (χ4v) is 3.53. The second-order valence-electron chi connectivity index (χ2n) is 6.52. The maximum atomic E-state index is 13.4. The van der Waals surface area contributed by atoms with Gasteiger partial charge in [-0.2, -0.15) is 5.26 Å². The Kier molecular flexibility index (Phi) is 5.05. The summed E-state index contributed by atoms with van der Waals surface area (Å²) in [5.74, 6) is -1.72. The van der Waals surface area contributed by atoms with Crippen LogP contribution in [0.1, 0.15) is 33.7 Å². The molecule has 0 aliphatic rings. The van der Waals surface area contributed by atoms with Gasteiger partial charge in [0, 0.05) is 0 Å². The molecule has 0 aliphatic heterocycles. The van der Waals surface area contributed by atoms with Crippen molar-refractivity contribution < 1.29 is 9.18 Å². The van der Waals surface area contributed by atoms with Gasteiger partial charge in [0.2, 0.25) is 5.91 Å². The molecule has 0 saturated heterocycles. The smallest absolute Gasteiger partial charge is 0.229 e. The molecule has 3 rings (SSSR count). The number of nitrogens with two attached hydrogens (primary N) is 1. The second kappa shape index (κ2) is 7.43. The van der Waals surface area contributed by atoms with Crippen molar-refractivity contribution in [1.82, 2.24) is 0 Å². The molecule has 3 aromatic rings. The first kappa shape index (κ1) is 18.3. The van der Waals surface area contributed by atoms with Crippen molar-refractivity contribution in [2.45, 2.75) is 19.8 Å². The van der Waals surface area contributed by atoms with Crippen LogP contribution in [-0.4, -0.2) is 5.91 Å². The number of benzene rings is 3. The summed E-state index contributed by atoms with van der Waals surface area (Å²) in [5.41, 5.74) is 10.9. The predicted octanol–water partition coefficient (Wildman–Crippen LogP) is 4.60. The zero-order valence-corrected chi connectivity index (χ0v) is 15.2. The lowest BCUT2D eigenvalue weighted by atomic mass is 9.80. The third-order valence-corrected chi connectivity index (χ3v) is 4.80. The Bertz CT molecular complexity index is 1030. The number of aryl methyl sites for hydroxylation is 1. The maximum Gasteiger partial charge on any atom is 0.229 e. The number of carbonyl (C=O) groups excluding carboxylic acids is 1. The van der Waals surface area contributed by atoms with Gasteiger partial charge in [-0.15, -0.1) is 0 Å². The molecule has 0 saturated carbocycles. The van der Waals surface area contributed by atoms with E-state index in [0.29, 0.717) is 22.3 Å². The van der Waals surface area contributed by atoms with Crippen LogP contribution in [0.15, 0.2) is 60.7 Å². The van der Waals surface area contributed by atoms with Crippen LogP contribution in [0, 0.1) is 31.0 Å². The average Bonchev–Trinajstić information content (AvgIpc) is 2.66. The standard InChI is InChI=1S/C23H19FN2O/c1-14-12-19(16-6-4-3-5-7-16)21(15(2)20(14)13-25)22(23(26)27)17-8-10-18(24)11-9-17/h3-12,22H,1-2H3,(H2,26,27). The molecule has 2 N–H and O–H groups in total. The highest BCUT2D eigenvalue weighted by Gasteiger charge is 2.27. The molecule has 1 amide bonds. The summed E-state index contributed by atoms with van der Waals surface area (Å²) < 4.78 is 13.4. The van der Waals surface area contributed by atoms with Crippen molar-refractivity contribution >= 4 is 5.91 Å². The lowest BCUT2D eigenvalue weighted by Gasteiger charge is -2.23. The molecule has 1 atom stereocenters. The molecule has 3 nitrogen and oxygen atoms in total. The zero-order valence-electron chi connectivity index (χ0n) is 15.2. The van der Waals surface area contributed by atoms with Crippen molar-refractivity contribution in [1.29, 1.82) is 5.26 Å². The molecule has 0 spiro atoms. The highest BCUT2D eigenvalue weighted by atomic mass is 19.1. The van der Waals surface area contributed by atoms with Gasteiger partial charge in [0.25, 0.3) is 0 Å². The van der Waals surface area contributed by atoms with E-state index in [4.69, 9.17) is 5.73 Å². The number of primary amides is 1. The van der Waals surface area contributed by atoms with Crippen molar-refractivity contribution in [3.05, 3.63) is 94.3 Å². The molecule has 0 bridgehead atoms. The molecule has 4 heteroatoms. The molecular formula is C23H19FN2O. The van der Waals surface area contributed by atoms with Crippen LogP contribution in [0.25, 0.3) is 11.1 Å². The minimum absolute atomic E-state index is 0.386. The van der Waals surface area contributed by atoms with E-state index in [1.165, 1.54) is 12.1 Å². The molecule has 27 heavy (non-hydrogen) atoms. The predicted molar refractivity (Wildman–Crippen MR) is 104 cm³/mol. The number of nitriles is 1. The van der Waals surface area contributed by atoms with E-state index < -0.39 is 11.8 Å². The lowest BCUT2D eigenvalue weighted by Crippen LogP contribution is -2.24. The van der Waals surface area contributed by atoms with Gasteiger partial charge in [-0.3, -0.25) is 4.79 Å². The van der Waals surface area contributed by atoms with Crippen LogP contribution in [-0.2, 0) is 4.79 Å². The number of hydrogen-bond acceptors (Lipinski definition) is 2. The quantitative estimate of drug-likeness (QED) is 0.741. The van der Waals surface area contributed by atoms with Gasteiger partial charge in [-0.25, -0.2) is 4.39 Å². The topological polar surface area (TPSA) is 66.9 Å². The summed E-state index contributed by atoms with van der Waals surface area (Å²) in [7, 11) is 0. The Labute approximate surface area is 157 Å². The molecule has 1 unspecified atom stereocenters. The number of amides is 1. The summed E-state index contributed by atoms with van der Waals surface area (Å²) in [5, 5.41) is 9.60. The fraction of sp³-hybridized carbons (Fsp3) is 0.130. The SMILES string of the molecule is Cc1cc(-c2ccccc2)c(C(C(N)=O)c2ccc(F)cc2)c(C)c1C#N. The van der Waals surface area contributed by atoms with E-state index >= 15 is 0 Å². The highest BCUT2D eigenvalue weighted by molar-refractivity contribution is 5.90. The Balaban J connectivity index is 2.36. The fourth-order valence-electron chi connectivity index (χ4n) is 3.53. The van der Waals surface area contributed by atoms with Crippen LogP contribution in [0.2, 0.25) is 0 Å². The number of nitrogens with zero attached hydrogens (tertiary/aromatic N) is 1. The lowest BCUT2D eigenvalue weighted by molar-refractivity contribution is -0.118. The van der Waals surface area contributed by atoms with E-state index in [9.17, 15) is 14.4 Å². The van der Waals surface area contributed by atoms with Gasteiger partial charge >= 0.3 is 0 Å². The third kappa shape index (κ3) is 3.45. The second-order valence-corrected chi connectivity index (χ2v) is 6.52. The van der Waals surface area contributed by atoms with Crippen LogP contribution >= 0.6 is 0 Å². The minimum atomic E-state index is -0.784. The van der Waals surface area contributed by atoms with E-state index in [1.807, 2.05) is 50.2 Å². The van der Waals surface area contributed by atoms with Gasteiger partial charge in [-0.1, -0.05) is 42.5 Å². The Morgan fingerprint density at radius 3 is 2.26 bits per heavy atom. The molecule has 0 fully saturated rings. The van der Waals surface area contributed by atoms with Crippen LogP contribution in [0.3, 0.4) is 0 Å². The van der Waals surface area contributed by atoms with Gasteiger partial charge in [0.15, 0.2) is 0 Å². The van der Waals surface area contributed by atoms with E-state index in [-0.39, 0.29) is 5.82 Å². The number of carbonyl (C=O) groups is 1. The Morgan fingerprint density at radius 1 is 1.07 bits per heavy atom. The Hall–Kier alpha value is -3.45. The maximum absolute atomic E-state index is 13.4. The van der Waals surface area contributed by atoms with Crippen LogP contribution < -0.4 is 5.73 Å². The molecule has 0 aliphatic carbocycles. The molecule has 0 aromatic heterocycles. The largest absolute Gasteiger partial charge is 0.369 e. The van der Waals surface area contributed by atoms with E-state index in [0.717, 1.165) is 16.7 Å².